The Labute approximate surface area is 121 Å². The number of ketones is 1. The van der Waals surface area contributed by atoms with Crippen LogP contribution in [0.2, 0.25) is 0 Å². The van der Waals surface area contributed by atoms with Gasteiger partial charge in [0.1, 0.15) is 0 Å². The summed E-state index contributed by atoms with van der Waals surface area (Å²) in [5.41, 5.74) is -0.0599. The summed E-state index contributed by atoms with van der Waals surface area (Å²) in [5, 5.41) is 3.34. The molecule has 0 amide bonds. The molecule has 5 heteroatoms. The molecule has 100 valence electrons. The Hall–Kier alpha value is -0.230. The number of hydrogen-bond donors (Lipinski definition) is 1. The van der Waals surface area contributed by atoms with Gasteiger partial charge in [0.2, 0.25) is 0 Å². The summed E-state index contributed by atoms with van der Waals surface area (Å²) >= 11 is 4.92. The highest BCUT2D eigenvalue weighted by molar-refractivity contribution is 9.11. The number of hydrogen-bond acceptors (Lipinski definition) is 4. The molecular weight excluding hydrogens is 312 g/mol. The first kappa shape index (κ1) is 14.2. The van der Waals surface area contributed by atoms with Gasteiger partial charge in [-0.2, -0.15) is 0 Å². The Morgan fingerprint density at radius 2 is 2.11 bits per heavy atom. The van der Waals surface area contributed by atoms with Crippen LogP contribution < -0.4 is 5.32 Å². The van der Waals surface area contributed by atoms with Crippen LogP contribution in [0.5, 0.6) is 0 Å². The molecule has 1 saturated heterocycles. The Morgan fingerprint density at radius 1 is 1.44 bits per heavy atom. The van der Waals surface area contributed by atoms with E-state index in [1.165, 1.54) is 11.3 Å². The fourth-order valence-electron chi connectivity index (χ4n) is 2.33. The lowest BCUT2D eigenvalue weighted by Gasteiger charge is -2.40. The molecule has 0 atom stereocenters. The summed E-state index contributed by atoms with van der Waals surface area (Å²) < 4.78 is 1.02. The van der Waals surface area contributed by atoms with Crippen LogP contribution in [-0.2, 0) is 0 Å². The number of nitrogens with one attached hydrogen (secondary N) is 1. The first-order chi connectivity index (χ1) is 8.49. The van der Waals surface area contributed by atoms with Crippen molar-refractivity contribution >= 4 is 33.0 Å². The molecule has 1 aliphatic heterocycles. The molecule has 18 heavy (non-hydrogen) atoms. The van der Waals surface area contributed by atoms with E-state index in [4.69, 9.17) is 0 Å². The number of piperazine rings is 1. The Bertz CT molecular complexity index is 424. The maximum atomic E-state index is 12.3. The number of nitrogens with zero attached hydrogens (tertiary/aromatic N) is 1. The number of carbonyl (C=O) groups excluding carboxylic acids is 1. The minimum atomic E-state index is -0.0599. The van der Waals surface area contributed by atoms with Gasteiger partial charge in [0.15, 0.2) is 5.78 Å². The first-order valence-corrected chi connectivity index (χ1v) is 7.84. The largest absolute Gasteiger partial charge is 0.314 e. The van der Waals surface area contributed by atoms with Crippen molar-refractivity contribution in [3.63, 3.8) is 0 Å². The van der Waals surface area contributed by atoms with Crippen LogP contribution in [0.25, 0.3) is 0 Å². The second kappa shape index (κ2) is 5.82. The SMILES string of the molecule is CC(C)(CC(=O)c1ccc(Br)s1)N1CCNCC1. The molecule has 1 aliphatic rings. The quantitative estimate of drug-likeness (QED) is 0.861. The molecular formula is C13H19BrN2OS. The molecule has 0 aromatic carbocycles. The molecule has 2 heterocycles. The number of Topliss-reactive ketones (excluding diaryl/α,β-unsaturated/α-hetero) is 1. The highest BCUT2D eigenvalue weighted by atomic mass is 79.9. The highest BCUT2D eigenvalue weighted by Gasteiger charge is 2.30. The topological polar surface area (TPSA) is 32.3 Å². The van der Waals surface area contributed by atoms with E-state index in [9.17, 15) is 4.79 Å². The molecule has 0 unspecified atom stereocenters. The van der Waals surface area contributed by atoms with E-state index >= 15 is 0 Å². The summed E-state index contributed by atoms with van der Waals surface area (Å²) in [7, 11) is 0. The zero-order valence-corrected chi connectivity index (χ0v) is 13.2. The van der Waals surface area contributed by atoms with Crippen molar-refractivity contribution in [3.8, 4) is 0 Å². The van der Waals surface area contributed by atoms with Crippen LogP contribution in [-0.4, -0.2) is 42.4 Å². The predicted octanol–water partition coefficient (Wildman–Crippen LogP) is 2.77. The summed E-state index contributed by atoms with van der Waals surface area (Å²) in [6.07, 6.45) is 0.583. The maximum absolute atomic E-state index is 12.3. The van der Waals surface area contributed by atoms with E-state index in [2.05, 4.69) is 40.0 Å². The molecule has 0 spiro atoms. The third-order valence-electron chi connectivity index (χ3n) is 3.41. The molecule has 1 N–H and O–H groups in total. The fraction of sp³-hybridized carbons (Fsp3) is 0.615. The zero-order chi connectivity index (χ0) is 13.2. The minimum Gasteiger partial charge on any atom is -0.314 e. The second-order valence-electron chi connectivity index (χ2n) is 5.25. The normalized spacial score (nSPS) is 17.9. The molecule has 3 nitrogen and oxygen atoms in total. The molecule has 1 aromatic rings. The van der Waals surface area contributed by atoms with Gasteiger partial charge in [0, 0.05) is 38.1 Å². The monoisotopic (exact) mass is 330 g/mol. The average Bonchev–Trinajstić information content (AvgIpc) is 2.77. The van der Waals surface area contributed by atoms with E-state index in [0.29, 0.717) is 6.42 Å². The van der Waals surface area contributed by atoms with Gasteiger partial charge in [-0.05, 0) is 41.9 Å². The van der Waals surface area contributed by atoms with Crippen LogP contribution in [0.4, 0.5) is 0 Å². The molecule has 0 radical (unpaired) electrons. The van der Waals surface area contributed by atoms with E-state index in [1.54, 1.807) is 0 Å². The number of carbonyl (C=O) groups is 1. The fourth-order valence-corrected chi connectivity index (χ4v) is 3.65. The predicted molar refractivity (Wildman–Crippen MR) is 79.5 cm³/mol. The van der Waals surface area contributed by atoms with Gasteiger partial charge >= 0.3 is 0 Å². The van der Waals surface area contributed by atoms with Gasteiger partial charge in [0.25, 0.3) is 0 Å². The van der Waals surface area contributed by atoms with Crippen LogP contribution in [0.3, 0.4) is 0 Å². The average molecular weight is 331 g/mol. The first-order valence-electron chi connectivity index (χ1n) is 6.23. The van der Waals surface area contributed by atoms with Crippen molar-refractivity contribution in [1.29, 1.82) is 0 Å². The molecule has 2 rings (SSSR count). The van der Waals surface area contributed by atoms with Crippen molar-refractivity contribution in [1.82, 2.24) is 10.2 Å². The lowest BCUT2D eigenvalue weighted by molar-refractivity contribution is 0.0733. The van der Waals surface area contributed by atoms with E-state index in [0.717, 1.165) is 34.8 Å². The van der Waals surface area contributed by atoms with Crippen LogP contribution in [0.15, 0.2) is 15.9 Å². The standard InChI is InChI=1S/C13H19BrN2OS/c1-13(2,16-7-5-15-6-8-16)9-10(17)11-3-4-12(14)18-11/h3-4,15H,5-9H2,1-2H3. The van der Waals surface area contributed by atoms with Gasteiger partial charge in [-0.25, -0.2) is 0 Å². The smallest absolute Gasteiger partial charge is 0.174 e. The van der Waals surface area contributed by atoms with Crippen LogP contribution in [0, 0.1) is 0 Å². The van der Waals surface area contributed by atoms with Crippen LogP contribution in [0.1, 0.15) is 29.9 Å². The summed E-state index contributed by atoms with van der Waals surface area (Å²) in [4.78, 5) is 15.5. The van der Waals surface area contributed by atoms with Crippen molar-refractivity contribution < 1.29 is 4.79 Å². The lowest BCUT2D eigenvalue weighted by atomic mass is 9.94. The van der Waals surface area contributed by atoms with Gasteiger partial charge in [-0.15, -0.1) is 11.3 Å². The summed E-state index contributed by atoms with van der Waals surface area (Å²) in [6, 6.07) is 3.85. The number of halogens is 1. The molecule has 0 saturated carbocycles. The van der Waals surface area contributed by atoms with E-state index < -0.39 is 0 Å². The van der Waals surface area contributed by atoms with Crippen molar-refractivity contribution in [2.24, 2.45) is 0 Å². The van der Waals surface area contributed by atoms with Gasteiger partial charge < -0.3 is 5.32 Å². The third kappa shape index (κ3) is 3.41. The molecule has 0 aliphatic carbocycles. The maximum Gasteiger partial charge on any atom is 0.174 e. The van der Waals surface area contributed by atoms with Crippen molar-refractivity contribution in [3.05, 3.63) is 20.8 Å². The van der Waals surface area contributed by atoms with Gasteiger partial charge in [0.05, 0.1) is 8.66 Å². The summed E-state index contributed by atoms with van der Waals surface area (Å²) in [5.74, 6) is 0.245. The van der Waals surface area contributed by atoms with Gasteiger partial charge in [-0.1, -0.05) is 0 Å². The second-order valence-corrected chi connectivity index (χ2v) is 7.72. The Kier molecular flexibility index (Phi) is 4.59. The molecule has 1 fully saturated rings. The van der Waals surface area contributed by atoms with Crippen molar-refractivity contribution in [2.75, 3.05) is 26.2 Å². The lowest BCUT2D eigenvalue weighted by Crippen LogP contribution is -2.54. The molecule has 0 bridgehead atoms. The van der Waals surface area contributed by atoms with Crippen LogP contribution >= 0.6 is 27.3 Å². The molecule has 1 aromatic heterocycles. The minimum absolute atomic E-state index is 0.0599. The Morgan fingerprint density at radius 3 is 2.67 bits per heavy atom. The van der Waals surface area contributed by atoms with E-state index in [1.807, 2.05) is 12.1 Å². The zero-order valence-electron chi connectivity index (χ0n) is 10.8. The van der Waals surface area contributed by atoms with Gasteiger partial charge in [-0.3, -0.25) is 9.69 Å². The Balaban J connectivity index is 2.00. The highest BCUT2D eigenvalue weighted by Crippen LogP contribution is 2.27. The number of rotatable bonds is 4. The summed E-state index contributed by atoms with van der Waals surface area (Å²) in [6.45, 7) is 8.41. The third-order valence-corrected chi connectivity index (χ3v) is 5.08. The van der Waals surface area contributed by atoms with Crippen molar-refractivity contribution in [2.45, 2.75) is 25.8 Å². The van der Waals surface area contributed by atoms with E-state index in [-0.39, 0.29) is 11.3 Å². The number of thiophene rings is 1.